The van der Waals surface area contributed by atoms with Crippen molar-refractivity contribution in [3.05, 3.63) is 23.8 Å². The smallest absolute Gasteiger partial charge is 0.322 e. The van der Waals surface area contributed by atoms with Crippen molar-refractivity contribution in [3.63, 3.8) is 0 Å². The SMILES string of the molecule is CC(C)c1cccc2c(NC(=O)N3CCN(C)CC3)nn(C)c12. The van der Waals surface area contributed by atoms with Gasteiger partial charge in [-0.1, -0.05) is 26.0 Å². The summed E-state index contributed by atoms with van der Waals surface area (Å²) in [6.45, 7) is 7.67. The predicted octanol–water partition coefficient (Wildman–Crippen LogP) is 2.48. The maximum Gasteiger partial charge on any atom is 0.323 e. The van der Waals surface area contributed by atoms with E-state index in [1.54, 1.807) is 0 Å². The number of hydrogen-bond donors (Lipinski definition) is 1. The van der Waals surface area contributed by atoms with E-state index in [4.69, 9.17) is 0 Å². The molecule has 0 unspecified atom stereocenters. The molecule has 1 aliphatic heterocycles. The molecule has 1 saturated heterocycles. The van der Waals surface area contributed by atoms with Crippen LogP contribution in [0, 0.1) is 0 Å². The van der Waals surface area contributed by atoms with Crippen molar-refractivity contribution in [1.29, 1.82) is 0 Å². The van der Waals surface area contributed by atoms with Gasteiger partial charge in [0.15, 0.2) is 5.82 Å². The molecule has 1 fully saturated rings. The van der Waals surface area contributed by atoms with E-state index in [0.717, 1.165) is 37.1 Å². The Morgan fingerprint density at radius 2 is 1.87 bits per heavy atom. The van der Waals surface area contributed by atoms with Gasteiger partial charge in [-0.25, -0.2) is 4.79 Å². The fourth-order valence-electron chi connectivity index (χ4n) is 3.12. The van der Waals surface area contributed by atoms with Gasteiger partial charge in [-0.15, -0.1) is 0 Å². The van der Waals surface area contributed by atoms with Crippen LogP contribution in [0.2, 0.25) is 0 Å². The zero-order valence-electron chi connectivity index (χ0n) is 14.3. The van der Waals surface area contributed by atoms with Crippen LogP contribution in [0.4, 0.5) is 10.6 Å². The summed E-state index contributed by atoms with van der Waals surface area (Å²) < 4.78 is 1.87. The molecule has 1 N–H and O–H groups in total. The van der Waals surface area contributed by atoms with Crippen LogP contribution in [-0.2, 0) is 7.05 Å². The first-order valence-electron chi connectivity index (χ1n) is 8.17. The molecule has 3 rings (SSSR count). The van der Waals surface area contributed by atoms with Gasteiger partial charge in [0.1, 0.15) is 0 Å². The van der Waals surface area contributed by atoms with Gasteiger partial charge >= 0.3 is 6.03 Å². The third kappa shape index (κ3) is 3.03. The number of aromatic nitrogens is 2. The maximum atomic E-state index is 12.5. The van der Waals surface area contributed by atoms with E-state index in [9.17, 15) is 4.79 Å². The summed E-state index contributed by atoms with van der Waals surface area (Å²) in [5.41, 5.74) is 2.34. The number of aryl methyl sites for hydroxylation is 1. The molecular formula is C17H25N5O. The number of piperazine rings is 1. The number of para-hydroxylation sites is 1. The summed E-state index contributed by atoms with van der Waals surface area (Å²) in [4.78, 5) is 16.6. The number of carbonyl (C=O) groups is 1. The Morgan fingerprint density at radius 3 is 2.52 bits per heavy atom. The van der Waals surface area contributed by atoms with Crippen LogP contribution in [-0.4, -0.2) is 58.8 Å². The number of rotatable bonds is 2. The van der Waals surface area contributed by atoms with Crippen molar-refractivity contribution >= 4 is 22.8 Å². The summed E-state index contributed by atoms with van der Waals surface area (Å²) >= 11 is 0. The summed E-state index contributed by atoms with van der Waals surface area (Å²) in [7, 11) is 4.01. The van der Waals surface area contributed by atoms with Crippen LogP contribution in [0.15, 0.2) is 18.2 Å². The van der Waals surface area contributed by atoms with Gasteiger partial charge in [0.05, 0.1) is 5.52 Å². The Kier molecular flexibility index (Phi) is 4.26. The lowest BCUT2D eigenvalue weighted by Gasteiger charge is -2.32. The number of fused-ring (bicyclic) bond motifs is 1. The molecule has 1 aliphatic rings. The fraction of sp³-hybridized carbons (Fsp3) is 0.529. The van der Waals surface area contributed by atoms with Crippen molar-refractivity contribution in [2.45, 2.75) is 19.8 Å². The Balaban J connectivity index is 1.86. The lowest BCUT2D eigenvalue weighted by atomic mass is 10.0. The minimum Gasteiger partial charge on any atom is -0.322 e. The zero-order chi connectivity index (χ0) is 16.6. The van der Waals surface area contributed by atoms with Crippen molar-refractivity contribution < 1.29 is 4.79 Å². The largest absolute Gasteiger partial charge is 0.323 e. The molecule has 0 radical (unpaired) electrons. The van der Waals surface area contributed by atoms with E-state index in [1.807, 2.05) is 28.8 Å². The monoisotopic (exact) mass is 315 g/mol. The Labute approximate surface area is 137 Å². The minimum atomic E-state index is -0.0620. The standard InChI is InChI=1S/C17H25N5O/c1-12(2)13-6-5-7-14-15(13)21(4)19-16(14)18-17(23)22-10-8-20(3)9-11-22/h5-7,12H,8-11H2,1-4H3,(H,18,19,23). The molecule has 0 saturated carbocycles. The van der Waals surface area contributed by atoms with E-state index in [2.05, 4.69) is 42.3 Å². The van der Waals surface area contributed by atoms with Crippen LogP contribution >= 0.6 is 0 Å². The number of anilines is 1. The molecule has 2 heterocycles. The normalized spacial score (nSPS) is 16.3. The highest BCUT2D eigenvalue weighted by molar-refractivity contribution is 6.00. The van der Waals surface area contributed by atoms with Crippen LogP contribution in [0.3, 0.4) is 0 Å². The highest BCUT2D eigenvalue weighted by atomic mass is 16.2. The van der Waals surface area contributed by atoms with Crippen LogP contribution in [0.25, 0.3) is 10.9 Å². The van der Waals surface area contributed by atoms with Gasteiger partial charge in [-0.3, -0.25) is 10.00 Å². The van der Waals surface area contributed by atoms with Crippen molar-refractivity contribution in [2.75, 3.05) is 38.5 Å². The van der Waals surface area contributed by atoms with Gasteiger partial charge in [0.2, 0.25) is 0 Å². The number of nitrogens with zero attached hydrogens (tertiary/aromatic N) is 4. The van der Waals surface area contributed by atoms with Crippen molar-refractivity contribution in [2.24, 2.45) is 7.05 Å². The predicted molar refractivity (Wildman–Crippen MR) is 92.9 cm³/mol. The van der Waals surface area contributed by atoms with Crippen molar-refractivity contribution in [1.82, 2.24) is 19.6 Å². The second-order valence-electron chi connectivity index (χ2n) is 6.59. The fourth-order valence-corrected chi connectivity index (χ4v) is 3.12. The third-order valence-electron chi connectivity index (χ3n) is 4.53. The first-order valence-corrected chi connectivity index (χ1v) is 8.17. The molecular weight excluding hydrogens is 290 g/mol. The van der Waals surface area contributed by atoms with Gasteiger partial charge in [0.25, 0.3) is 0 Å². The molecule has 23 heavy (non-hydrogen) atoms. The van der Waals surface area contributed by atoms with Gasteiger partial charge < -0.3 is 9.80 Å². The topological polar surface area (TPSA) is 53.4 Å². The second kappa shape index (κ2) is 6.20. The summed E-state index contributed by atoms with van der Waals surface area (Å²) in [5.74, 6) is 1.06. The number of nitrogens with one attached hydrogen (secondary N) is 1. The van der Waals surface area contributed by atoms with E-state index >= 15 is 0 Å². The first-order chi connectivity index (χ1) is 11.0. The molecule has 0 aliphatic carbocycles. The number of amides is 2. The number of benzene rings is 1. The summed E-state index contributed by atoms with van der Waals surface area (Å²) in [5, 5.41) is 8.52. The molecule has 2 amide bonds. The molecule has 6 heteroatoms. The lowest BCUT2D eigenvalue weighted by Crippen LogP contribution is -2.48. The van der Waals surface area contributed by atoms with Gasteiger partial charge in [-0.2, -0.15) is 5.10 Å². The molecule has 2 aromatic rings. The highest BCUT2D eigenvalue weighted by Crippen LogP contribution is 2.29. The molecule has 1 aromatic heterocycles. The van der Waals surface area contributed by atoms with Crippen molar-refractivity contribution in [3.8, 4) is 0 Å². The number of likely N-dealkylation sites (N-methyl/N-ethyl adjacent to an activating group) is 1. The second-order valence-corrected chi connectivity index (χ2v) is 6.59. The van der Waals surface area contributed by atoms with E-state index < -0.39 is 0 Å². The molecule has 1 aromatic carbocycles. The zero-order valence-corrected chi connectivity index (χ0v) is 14.3. The Morgan fingerprint density at radius 1 is 1.17 bits per heavy atom. The molecule has 124 valence electrons. The van der Waals surface area contributed by atoms with Crippen LogP contribution in [0.1, 0.15) is 25.3 Å². The average Bonchev–Trinajstić information content (AvgIpc) is 2.84. The lowest BCUT2D eigenvalue weighted by molar-refractivity contribution is 0.164. The first kappa shape index (κ1) is 15.8. The highest BCUT2D eigenvalue weighted by Gasteiger charge is 2.21. The molecule has 6 nitrogen and oxygen atoms in total. The molecule has 0 bridgehead atoms. The quantitative estimate of drug-likeness (QED) is 0.926. The number of carbonyl (C=O) groups excluding carboxylic acids is 1. The summed E-state index contributed by atoms with van der Waals surface area (Å²) in [6, 6.07) is 6.12. The molecule has 0 atom stereocenters. The van der Waals surface area contributed by atoms with Crippen LogP contribution in [0.5, 0.6) is 0 Å². The van der Waals surface area contributed by atoms with Crippen LogP contribution < -0.4 is 5.32 Å². The summed E-state index contributed by atoms with van der Waals surface area (Å²) in [6.07, 6.45) is 0. The molecule has 0 spiro atoms. The van der Waals surface area contributed by atoms with E-state index in [1.165, 1.54) is 5.56 Å². The minimum absolute atomic E-state index is 0.0620. The number of hydrogen-bond acceptors (Lipinski definition) is 3. The Bertz CT molecular complexity index is 713. The van der Waals surface area contributed by atoms with Gasteiger partial charge in [0, 0.05) is 38.6 Å². The average molecular weight is 315 g/mol. The Hall–Kier alpha value is -2.08. The maximum absolute atomic E-state index is 12.5. The third-order valence-corrected chi connectivity index (χ3v) is 4.53. The van der Waals surface area contributed by atoms with E-state index in [-0.39, 0.29) is 6.03 Å². The number of urea groups is 1. The van der Waals surface area contributed by atoms with Gasteiger partial charge in [-0.05, 0) is 24.6 Å². The van der Waals surface area contributed by atoms with E-state index in [0.29, 0.717) is 11.7 Å².